The fourth-order valence-corrected chi connectivity index (χ4v) is 2.62. The zero-order valence-electron chi connectivity index (χ0n) is 10.9. The van der Waals surface area contributed by atoms with E-state index in [2.05, 4.69) is 23.7 Å². The standard InChI is InChI=1S/C14H23N3/c1-11(2)12-4-3-8-17(9-6-12)14-10-13(15)5-7-16-14/h5,7,10-12H,3-4,6,8-9H2,1-2H3,(H2,15,16). The fraction of sp³-hybridized carbons (Fsp3) is 0.643. The summed E-state index contributed by atoms with van der Waals surface area (Å²) in [6.45, 7) is 6.89. The zero-order chi connectivity index (χ0) is 12.3. The molecule has 1 unspecified atom stereocenters. The highest BCUT2D eigenvalue weighted by atomic mass is 15.2. The maximum Gasteiger partial charge on any atom is 0.130 e. The van der Waals surface area contributed by atoms with Gasteiger partial charge < -0.3 is 10.6 Å². The molecule has 2 heterocycles. The van der Waals surface area contributed by atoms with Crippen LogP contribution in [0.3, 0.4) is 0 Å². The lowest BCUT2D eigenvalue weighted by Gasteiger charge is -2.22. The van der Waals surface area contributed by atoms with E-state index in [1.807, 2.05) is 12.1 Å². The van der Waals surface area contributed by atoms with Gasteiger partial charge >= 0.3 is 0 Å². The molecule has 0 aromatic carbocycles. The van der Waals surface area contributed by atoms with Crippen molar-refractivity contribution in [2.24, 2.45) is 11.8 Å². The third-order valence-corrected chi connectivity index (χ3v) is 3.81. The molecule has 1 aromatic rings. The van der Waals surface area contributed by atoms with Gasteiger partial charge in [-0.25, -0.2) is 4.98 Å². The van der Waals surface area contributed by atoms with E-state index in [1.54, 1.807) is 6.20 Å². The van der Waals surface area contributed by atoms with E-state index in [9.17, 15) is 0 Å². The van der Waals surface area contributed by atoms with Gasteiger partial charge in [-0.15, -0.1) is 0 Å². The van der Waals surface area contributed by atoms with Crippen LogP contribution in [0.1, 0.15) is 33.1 Å². The fourth-order valence-electron chi connectivity index (χ4n) is 2.62. The Kier molecular flexibility index (Phi) is 3.87. The van der Waals surface area contributed by atoms with Crippen LogP contribution < -0.4 is 10.6 Å². The molecule has 3 heteroatoms. The van der Waals surface area contributed by atoms with Crippen molar-refractivity contribution in [3.8, 4) is 0 Å². The van der Waals surface area contributed by atoms with Crippen LogP contribution in [-0.2, 0) is 0 Å². The van der Waals surface area contributed by atoms with Crippen molar-refractivity contribution in [2.45, 2.75) is 33.1 Å². The highest BCUT2D eigenvalue weighted by Gasteiger charge is 2.20. The van der Waals surface area contributed by atoms with Crippen LogP contribution in [0.4, 0.5) is 11.5 Å². The van der Waals surface area contributed by atoms with Gasteiger partial charge in [0.25, 0.3) is 0 Å². The molecule has 2 rings (SSSR count). The van der Waals surface area contributed by atoms with Crippen molar-refractivity contribution in [3.05, 3.63) is 18.3 Å². The quantitative estimate of drug-likeness (QED) is 0.854. The molecule has 17 heavy (non-hydrogen) atoms. The molecule has 2 N–H and O–H groups in total. The van der Waals surface area contributed by atoms with Crippen molar-refractivity contribution < 1.29 is 0 Å². The molecule has 1 aromatic heterocycles. The van der Waals surface area contributed by atoms with E-state index in [4.69, 9.17) is 5.73 Å². The van der Waals surface area contributed by atoms with Gasteiger partial charge in [0.2, 0.25) is 0 Å². The first-order valence-corrected chi connectivity index (χ1v) is 6.63. The maximum atomic E-state index is 5.81. The minimum atomic E-state index is 0.795. The predicted octanol–water partition coefficient (Wildman–Crippen LogP) is 2.93. The average Bonchev–Trinajstić information content (AvgIpc) is 2.54. The van der Waals surface area contributed by atoms with Gasteiger partial charge in [0.1, 0.15) is 5.82 Å². The summed E-state index contributed by atoms with van der Waals surface area (Å²) < 4.78 is 0. The van der Waals surface area contributed by atoms with E-state index in [-0.39, 0.29) is 0 Å². The Bertz CT molecular complexity index is 362. The van der Waals surface area contributed by atoms with Crippen molar-refractivity contribution in [1.82, 2.24) is 4.98 Å². The van der Waals surface area contributed by atoms with E-state index >= 15 is 0 Å². The smallest absolute Gasteiger partial charge is 0.130 e. The number of nitrogen functional groups attached to an aromatic ring is 1. The second kappa shape index (κ2) is 5.39. The highest BCUT2D eigenvalue weighted by molar-refractivity contribution is 5.50. The van der Waals surface area contributed by atoms with Crippen LogP contribution in [-0.4, -0.2) is 18.1 Å². The van der Waals surface area contributed by atoms with E-state index in [0.717, 1.165) is 36.4 Å². The summed E-state index contributed by atoms with van der Waals surface area (Å²) in [7, 11) is 0. The van der Waals surface area contributed by atoms with Crippen LogP contribution >= 0.6 is 0 Å². The molecule has 0 bridgehead atoms. The highest BCUT2D eigenvalue weighted by Crippen LogP contribution is 2.26. The van der Waals surface area contributed by atoms with Gasteiger partial charge in [-0.1, -0.05) is 13.8 Å². The predicted molar refractivity (Wildman–Crippen MR) is 73.0 cm³/mol. The Balaban J connectivity index is 2.04. The SMILES string of the molecule is CC(C)C1CCCN(c2cc(N)ccn2)CC1. The summed E-state index contributed by atoms with van der Waals surface area (Å²) >= 11 is 0. The number of hydrogen-bond acceptors (Lipinski definition) is 3. The number of hydrogen-bond donors (Lipinski definition) is 1. The van der Waals surface area contributed by atoms with Crippen molar-refractivity contribution in [2.75, 3.05) is 23.7 Å². The second-order valence-electron chi connectivity index (χ2n) is 5.37. The molecule has 0 spiro atoms. The first kappa shape index (κ1) is 12.2. The summed E-state index contributed by atoms with van der Waals surface area (Å²) in [4.78, 5) is 6.79. The summed E-state index contributed by atoms with van der Waals surface area (Å²) in [5.74, 6) is 2.69. The van der Waals surface area contributed by atoms with E-state index < -0.39 is 0 Å². The molecule has 1 aliphatic heterocycles. The summed E-state index contributed by atoms with van der Waals surface area (Å²) in [5, 5.41) is 0. The van der Waals surface area contributed by atoms with Crippen LogP contribution in [0.5, 0.6) is 0 Å². The van der Waals surface area contributed by atoms with Crippen LogP contribution in [0, 0.1) is 11.8 Å². The Morgan fingerprint density at radius 1 is 1.35 bits per heavy atom. The lowest BCUT2D eigenvalue weighted by atomic mass is 9.89. The molecular weight excluding hydrogens is 210 g/mol. The van der Waals surface area contributed by atoms with Crippen molar-refractivity contribution in [1.29, 1.82) is 0 Å². The summed E-state index contributed by atoms with van der Waals surface area (Å²) in [6.07, 6.45) is 5.68. The molecule has 0 aliphatic carbocycles. The number of nitrogens with zero attached hydrogens (tertiary/aromatic N) is 2. The number of anilines is 2. The Labute approximate surface area is 104 Å². The topological polar surface area (TPSA) is 42.1 Å². The number of nitrogens with two attached hydrogens (primary N) is 1. The molecule has 1 atom stereocenters. The van der Waals surface area contributed by atoms with Crippen LogP contribution in [0.15, 0.2) is 18.3 Å². The van der Waals surface area contributed by atoms with E-state index in [1.165, 1.54) is 19.3 Å². The van der Waals surface area contributed by atoms with Crippen molar-refractivity contribution in [3.63, 3.8) is 0 Å². The minimum absolute atomic E-state index is 0.795. The first-order valence-electron chi connectivity index (χ1n) is 6.63. The van der Waals surface area contributed by atoms with E-state index in [0.29, 0.717) is 0 Å². The van der Waals surface area contributed by atoms with Gasteiger partial charge in [-0.3, -0.25) is 0 Å². The van der Waals surface area contributed by atoms with Gasteiger partial charge in [0.15, 0.2) is 0 Å². The van der Waals surface area contributed by atoms with Crippen molar-refractivity contribution >= 4 is 11.5 Å². The monoisotopic (exact) mass is 233 g/mol. The normalized spacial score (nSPS) is 21.6. The first-order chi connectivity index (χ1) is 8.16. The Morgan fingerprint density at radius 3 is 2.88 bits per heavy atom. The number of rotatable bonds is 2. The zero-order valence-corrected chi connectivity index (χ0v) is 10.9. The molecular formula is C14H23N3. The Morgan fingerprint density at radius 2 is 2.18 bits per heavy atom. The molecule has 3 nitrogen and oxygen atoms in total. The lowest BCUT2D eigenvalue weighted by Crippen LogP contribution is -2.25. The third kappa shape index (κ3) is 3.11. The van der Waals surface area contributed by atoms with Gasteiger partial charge in [0, 0.05) is 31.0 Å². The molecule has 1 saturated heterocycles. The number of pyridine rings is 1. The lowest BCUT2D eigenvalue weighted by molar-refractivity contribution is 0.351. The second-order valence-corrected chi connectivity index (χ2v) is 5.37. The van der Waals surface area contributed by atoms with Crippen LogP contribution in [0.2, 0.25) is 0 Å². The molecule has 94 valence electrons. The molecule has 1 aliphatic rings. The largest absolute Gasteiger partial charge is 0.399 e. The maximum absolute atomic E-state index is 5.81. The third-order valence-electron chi connectivity index (χ3n) is 3.81. The Hall–Kier alpha value is -1.25. The minimum Gasteiger partial charge on any atom is -0.399 e. The summed E-state index contributed by atoms with van der Waals surface area (Å²) in [6, 6.07) is 3.83. The molecule has 0 radical (unpaired) electrons. The molecule has 0 saturated carbocycles. The van der Waals surface area contributed by atoms with Crippen LogP contribution in [0.25, 0.3) is 0 Å². The molecule has 0 amide bonds. The van der Waals surface area contributed by atoms with Gasteiger partial charge in [0.05, 0.1) is 0 Å². The van der Waals surface area contributed by atoms with Gasteiger partial charge in [-0.05, 0) is 37.2 Å². The molecule has 1 fully saturated rings. The van der Waals surface area contributed by atoms with Gasteiger partial charge in [-0.2, -0.15) is 0 Å². The summed E-state index contributed by atoms with van der Waals surface area (Å²) in [5.41, 5.74) is 6.62. The average molecular weight is 233 g/mol. The number of aromatic nitrogens is 1.